The van der Waals surface area contributed by atoms with Crippen molar-refractivity contribution < 1.29 is 22.7 Å². The molecule has 1 atom stereocenters. The van der Waals surface area contributed by atoms with Crippen LogP contribution in [0.5, 0.6) is 5.75 Å². The molecular weight excluding hydrogens is 433 g/mol. The van der Waals surface area contributed by atoms with Crippen LogP contribution < -0.4 is 15.0 Å². The largest absolute Gasteiger partial charge is 0.495 e. The van der Waals surface area contributed by atoms with Crippen molar-refractivity contribution in [2.45, 2.75) is 26.1 Å². The maximum Gasteiger partial charge on any atom is 0.417 e. The van der Waals surface area contributed by atoms with Crippen LogP contribution in [0.2, 0.25) is 5.02 Å². The molecule has 3 rings (SSSR count). The van der Waals surface area contributed by atoms with E-state index >= 15 is 0 Å². The van der Waals surface area contributed by atoms with Crippen molar-refractivity contribution in [2.24, 2.45) is 0 Å². The summed E-state index contributed by atoms with van der Waals surface area (Å²) >= 11 is 6.06. The number of nitrogens with one attached hydrogen (secondary N) is 1. The van der Waals surface area contributed by atoms with Gasteiger partial charge in [0.25, 0.3) is 0 Å². The highest BCUT2D eigenvalue weighted by molar-refractivity contribution is 6.33. The molecule has 0 spiro atoms. The SMILES string of the molecule is COc1ccc(C)cc1NC(=O)C(C)N1CCN(c2ncc(C(F)(F)F)cc2Cl)CC1. The van der Waals surface area contributed by atoms with E-state index in [1.807, 2.05) is 35.8 Å². The molecule has 1 N–H and O–H groups in total. The van der Waals surface area contributed by atoms with E-state index in [9.17, 15) is 18.0 Å². The van der Waals surface area contributed by atoms with Crippen LogP contribution in [0.3, 0.4) is 0 Å². The van der Waals surface area contributed by atoms with Gasteiger partial charge in [-0.3, -0.25) is 9.69 Å². The van der Waals surface area contributed by atoms with Crippen molar-refractivity contribution >= 4 is 29.0 Å². The second kappa shape index (κ2) is 9.32. The van der Waals surface area contributed by atoms with Crippen LogP contribution in [-0.4, -0.2) is 55.1 Å². The Labute approximate surface area is 183 Å². The van der Waals surface area contributed by atoms with Gasteiger partial charge in [0, 0.05) is 32.4 Å². The topological polar surface area (TPSA) is 57.7 Å². The lowest BCUT2D eigenvalue weighted by Gasteiger charge is -2.38. The minimum Gasteiger partial charge on any atom is -0.495 e. The zero-order valence-corrected chi connectivity index (χ0v) is 18.2. The van der Waals surface area contributed by atoms with E-state index in [4.69, 9.17) is 16.3 Å². The lowest BCUT2D eigenvalue weighted by Crippen LogP contribution is -2.53. The molecule has 1 aliphatic heterocycles. The third kappa shape index (κ3) is 5.40. The Hall–Kier alpha value is -2.52. The van der Waals surface area contributed by atoms with Gasteiger partial charge in [-0.05, 0) is 37.6 Å². The van der Waals surface area contributed by atoms with Crippen molar-refractivity contribution in [3.05, 3.63) is 46.6 Å². The van der Waals surface area contributed by atoms with Gasteiger partial charge >= 0.3 is 6.18 Å². The number of rotatable bonds is 5. The molecule has 1 fully saturated rings. The van der Waals surface area contributed by atoms with Gasteiger partial charge in [-0.25, -0.2) is 4.98 Å². The number of piperazine rings is 1. The first-order valence-electron chi connectivity index (χ1n) is 9.77. The number of alkyl halides is 3. The van der Waals surface area contributed by atoms with E-state index in [1.165, 1.54) is 0 Å². The quantitative estimate of drug-likeness (QED) is 0.730. The Bertz CT molecular complexity index is 947. The van der Waals surface area contributed by atoms with E-state index in [1.54, 1.807) is 13.2 Å². The van der Waals surface area contributed by atoms with Crippen LogP contribution in [0, 0.1) is 6.92 Å². The van der Waals surface area contributed by atoms with Crippen LogP contribution in [0.25, 0.3) is 0 Å². The predicted octanol–water partition coefficient (Wildman–Crippen LogP) is 4.22. The Balaban J connectivity index is 1.62. The van der Waals surface area contributed by atoms with Crippen molar-refractivity contribution in [3.8, 4) is 5.75 Å². The molecule has 168 valence electrons. The number of pyridine rings is 1. The first kappa shape index (κ1) is 23.1. The summed E-state index contributed by atoms with van der Waals surface area (Å²) in [6, 6.07) is 6.04. The third-order valence-electron chi connectivity index (χ3n) is 5.30. The van der Waals surface area contributed by atoms with Gasteiger partial charge in [0.2, 0.25) is 5.91 Å². The molecule has 1 saturated heterocycles. The lowest BCUT2D eigenvalue weighted by atomic mass is 10.1. The van der Waals surface area contributed by atoms with Crippen LogP contribution in [0.4, 0.5) is 24.7 Å². The fraction of sp³-hybridized carbons (Fsp3) is 0.429. The summed E-state index contributed by atoms with van der Waals surface area (Å²) < 4.78 is 43.8. The third-order valence-corrected chi connectivity index (χ3v) is 5.58. The Morgan fingerprint density at radius 1 is 1.23 bits per heavy atom. The Kier molecular flexibility index (Phi) is 6.96. The van der Waals surface area contributed by atoms with Gasteiger partial charge in [-0.1, -0.05) is 17.7 Å². The summed E-state index contributed by atoms with van der Waals surface area (Å²) in [6.07, 6.45) is -3.70. The number of halogens is 4. The summed E-state index contributed by atoms with van der Waals surface area (Å²) in [7, 11) is 1.55. The number of nitrogens with zero attached hydrogens (tertiary/aromatic N) is 3. The smallest absolute Gasteiger partial charge is 0.417 e. The summed E-state index contributed by atoms with van der Waals surface area (Å²) in [5, 5.41) is 2.87. The fourth-order valence-electron chi connectivity index (χ4n) is 3.46. The molecule has 1 unspecified atom stereocenters. The molecule has 0 saturated carbocycles. The van der Waals surface area contributed by atoms with Crippen molar-refractivity contribution in [1.82, 2.24) is 9.88 Å². The van der Waals surface area contributed by atoms with Gasteiger partial charge in [0.1, 0.15) is 11.6 Å². The fourth-order valence-corrected chi connectivity index (χ4v) is 3.75. The number of carbonyl (C=O) groups is 1. The minimum absolute atomic E-state index is 0.0411. The number of carbonyl (C=O) groups excluding carboxylic acids is 1. The van der Waals surface area contributed by atoms with Crippen LogP contribution in [0.15, 0.2) is 30.5 Å². The lowest BCUT2D eigenvalue weighted by molar-refractivity contribution is -0.137. The molecule has 0 aliphatic carbocycles. The number of aromatic nitrogens is 1. The number of methoxy groups -OCH3 is 1. The molecule has 2 aromatic rings. The number of hydrogen-bond donors (Lipinski definition) is 1. The zero-order valence-electron chi connectivity index (χ0n) is 17.5. The van der Waals surface area contributed by atoms with Crippen molar-refractivity contribution in [3.63, 3.8) is 0 Å². The monoisotopic (exact) mass is 456 g/mol. The molecule has 1 aliphatic rings. The van der Waals surface area contributed by atoms with Crippen LogP contribution in [0.1, 0.15) is 18.1 Å². The summed E-state index contributed by atoms with van der Waals surface area (Å²) in [6.45, 7) is 5.80. The molecule has 6 nitrogen and oxygen atoms in total. The Morgan fingerprint density at radius 3 is 2.48 bits per heavy atom. The first-order valence-corrected chi connectivity index (χ1v) is 10.1. The highest BCUT2D eigenvalue weighted by atomic mass is 35.5. The average Bonchev–Trinajstić information content (AvgIpc) is 2.73. The Morgan fingerprint density at radius 2 is 1.90 bits per heavy atom. The molecule has 10 heteroatoms. The molecule has 1 amide bonds. The van der Waals surface area contributed by atoms with Crippen LogP contribution in [-0.2, 0) is 11.0 Å². The highest BCUT2D eigenvalue weighted by Gasteiger charge is 2.33. The molecular formula is C21H24ClF3N4O2. The van der Waals surface area contributed by atoms with Gasteiger partial charge in [-0.2, -0.15) is 13.2 Å². The van der Waals surface area contributed by atoms with E-state index < -0.39 is 17.8 Å². The van der Waals surface area contributed by atoms with Crippen molar-refractivity contribution in [2.75, 3.05) is 43.5 Å². The maximum absolute atomic E-state index is 12.8. The van der Waals surface area contributed by atoms with Gasteiger partial charge in [0.15, 0.2) is 0 Å². The molecule has 2 heterocycles. The number of anilines is 2. The zero-order chi connectivity index (χ0) is 22.8. The van der Waals surface area contributed by atoms with Crippen molar-refractivity contribution in [1.29, 1.82) is 0 Å². The number of ether oxygens (including phenoxy) is 1. The number of hydrogen-bond acceptors (Lipinski definition) is 5. The maximum atomic E-state index is 12.8. The van der Waals surface area contributed by atoms with E-state index in [0.717, 1.165) is 17.8 Å². The van der Waals surface area contributed by atoms with E-state index in [2.05, 4.69) is 10.3 Å². The van der Waals surface area contributed by atoms with Gasteiger partial charge in [-0.15, -0.1) is 0 Å². The number of benzene rings is 1. The molecule has 0 bridgehead atoms. The minimum atomic E-state index is -4.49. The number of amides is 1. The number of aryl methyl sites for hydroxylation is 1. The van der Waals surface area contributed by atoms with Crippen LogP contribution >= 0.6 is 11.6 Å². The molecule has 0 radical (unpaired) electrons. The average molecular weight is 457 g/mol. The molecule has 1 aromatic carbocycles. The highest BCUT2D eigenvalue weighted by Crippen LogP contribution is 2.34. The molecule has 31 heavy (non-hydrogen) atoms. The summed E-state index contributed by atoms with van der Waals surface area (Å²) in [5.41, 5.74) is 0.730. The standard InChI is InChI=1S/C21H24ClF3N4O2/c1-13-4-5-18(31-3)17(10-13)27-20(30)14(2)28-6-8-29(9-7-28)19-16(22)11-15(12-26-19)21(23,24)25/h4-5,10-12,14H,6-9H2,1-3H3,(H,27,30). The predicted molar refractivity (Wildman–Crippen MR) is 114 cm³/mol. The molecule has 1 aromatic heterocycles. The second-order valence-electron chi connectivity index (χ2n) is 7.42. The van der Waals surface area contributed by atoms with Gasteiger partial charge in [0.05, 0.1) is 29.4 Å². The summed E-state index contributed by atoms with van der Waals surface area (Å²) in [5.74, 6) is 0.734. The van der Waals surface area contributed by atoms with Gasteiger partial charge < -0.3 is 15.0 Å². The van der Waals surface area contributed by atoms with E-state index in [0.29, 0.717) is 43.4 Å². The first-order chi connectivity index (χ1) is 14.6. The van der Waals surface area contributed by atoms with E-state index in [-0.39, 0.29) is 10.9 Å². The second-order valence-corrected chi connectivity index (χ2v) is 7.83. The summed E-state index contributed by atoms with van der Waals surface area (Å²) in [4.78, 5) is 20.5. The normalized spacial score (nSPS) is 16.2.